The maximum atomic E-state index is 10.6. The number of rotatable bonds is 5. The monoisotopic (exact) mass is 342 g/mol. The Labute approximate surface area is 147 Å². The Hall–Kier alpha value is -2.59. The molecule has 124 valence electrons. The van der Waals surface area contributed by atoms with Gasteiger partial charge in [0.15, 0.2) is 0 Å². The Morgan fingerprint density at radius 1 is 1.25 bits per heavy atom. The molecule has 5 heteroatoms. The minimum Gasteiger partial charge on any atom is -1.00 e. The molecule has 0 unspecified atom stereocenters. The Morgan fingerprint density at radius 2 is 2.04 bits per heavy atom. The molecule has 1 aliphatic rings. The summed E-state index contributed by atoms with van der Waals surface area (Å²) in [6, 6.07) is 7.07. The molecule has 0 saturated carbocycles. The van der Waals surface area contributed by atoms with Crippen LogP contribution in [0.4, 0.5) is 0 Å². The number of benzene rings is 1. The van der Waals surface area contributed by atoms with E-state index >= 15 is 0 Å². The fourth-order valence-electron chi connectivity index (χ4n) is 2.38. The van der Waals surface area contributed by atoms with Crippen molar-refractivity contribution in [3.8, 4) is 5.75 Å². The summed E-state index contributed by atoms with van der Waals surface area (Å²) < 4.78 is 9.81. The van der Waals surface area contributed by atoms with E-state index in [1.54, 1.807) is 30.5 Å². The van der Waals surface area contributed by atoms with Gasteiger partial charge >= 0.3 is 0 Å². The van der Waals surface area contributed by atoms with E-state index in [1.807, 2.05) is 17.8 Å². The largest absolute Gasteiger partial charge is 1.00 e. The van der Waals surface area contributed by atoms with Gasteiger partial charge in [-0.15, -0.1) is 0 Å². The number of hydrogen-bond acceptors (Lipinski definition) is 2. The van der Waals surface area contributed by atoms with Crippen LogP contribution in [0.25, 0.3) is 0 Å². The lowest BCUT2D eigenvalue weighted by molar-refractivity contribution is -0.671. The van der Waals surface area contributed by atoms with Gasteiger partial charge in [-0.05, 0) is 41.8 Å². The van der Waals surface area contributed by atoms with Crippen LogP contribution < -0.4 is 21.7 Å². The minimum atomic E-state index is 0. The van der Waals surface area contributed by atoms with Gasteiger partial charge in [0.05, 0.1) is 13.3 Å². The molecule has 0 radical (unpaired) electrons. The lowest BCUT2D eigenvalue weighted by atomic mass is 10.0. The molecule has 1 heterocycles. The molecule has 0 saturated heterocycles. The molecule has 4 nitrogen and oxygen atoms in total. The second-order valence-electron chi connectivity index (χ2n) is 5.57. The fourth-order valence-corrected chi connectivity index (χ4v) is 2.38. The predicted molar refractivity (Wildman–Crippen MR) is 88.0 cm³/mol. The predicted octanol–water partition coefficient (Wildman–Crippen LogP) is -0.0217. The maximum absolute atomic E-state index is 10.6. The first-order valence-corrected chi connectivity index (χ1v) is 7.52. The van der Waals surface area contributed by atoms with Crippen LogP contribution in [-0.2, 0) is 13.6 Å². The summed E-state index contributed by atoms with van der Waals surface area (Å²) >= 11 is 0. The number of halogens is 1. The lowest BCUT2D eigenvalue weighted by Crippen LogP contribution is -3.00. The third-order valence-electron chi connectivity index (χ3n) is 3.66. The van der Waals surface area contributed by atoms with Crippen molar-refractivity contribution in [3.05, 3.63) is 84.2 Å². The molecule has 0 N–H and O–H groups in total. The maximum Gasteiger partial charge on any atom is 0.243 e. The summed E-state index contributed by atoms with van der Waals surface area (Å²) in [5.41, 5.74) is 3.05. The van der Waals surface area contributed by atoms with Crippen LogP contribution in [0.15, 0.2) is 78.6 Å². The van der Waals surface area contributed by atoms with Gasteiger partial charge in [-0.25, -0.2) is 9.13 Å². The van der Waals surface area contributed by atoms with Crippen molar-refractivity contribution in [1.82, 2.24) is 4.57 Å². The quantitative estimate of drug-likeness (QED) is 0.435. The van der Waals surface area contributed by atoms with E-state index in [4.69, 9.17) is 4.74 Å². The first-order valence-electron chi connectivity index (χ1n) is 7.52. The van der Waals surface area contributed by atoms with Crippen molar-refractivity contribution in [2.45, 2.75) is 13.0 Å². The van der Waals surface area contributed by atoms with Crippen LogP contribution in [0.2, 0.25) is 0 Å². The summed E-state index contributed by atoms with van der Waals surface area (Å²) in [5, 5.41) is 0. The smallest absolute Gasteiger partial charge is 0.243 e. The number of carbonyl (C=O) groups excluding carboxylic acids is 1. The fraction of sp³-hybridized carbons (Fsp3) is 0.158. The van der Waals surface area contributed by atoms with E-state index in [2.05, 4.69) is 35.3 Å². The topological polar surface area (TPSA) is 35.1 Å². The summed E-state index contributed by atoms with van der Waals surface area (Å²) in [4.78, 5) is 10.6. The first kappa shape index (κ1) is 17.8. The van der Waals surface area contributed by atoms with Crippen LogP contribution in [-0.4, -0.2) is 10.9 Å². The van der Waals surface area contributed by atoms with Gasteiger partial charge in [0.2, 0.25) is 6.33 Å². The molecule has 3 rings (SSSR count). The van der Waals surface area contributed by atoms with E-state index in [1.165, 1.54) is 5.57 Å². The van der Waals surface area contributed by atoms with Gasteiger partial charge in [-0.3, -0.25) is 4.79 Å². The highest BCUT2D eigenvalue weighted by atomic mass is 35.5. The molecule has 0 spiro atoms. The van der Waals surface area contributed by atoms with Crippen molar-refractivity contribution >= 4 is 6.29 Å². The molecule has 0 atom stereocenters. The Balaban J connectivity index is 0.00000208. The molecule has 1 aromatic carbocycles. The lowest BCUT2D eigenvalue weighted by Gasteiger charge is -2.08. The molecule has 0 fully saturated rings. The standard InChI is InChI=1S/C19H19N2O2.ClH/c1-20-10-11-21(15-20)12-16-2-4-18(5-3-16)14-23-19-8-6-17(13-22)7-9-19;/h2-4,6-11,13-15H,5,12H2,1H3;1H/q+1;/p-1. The van der Waals surface area contributed by atoms with Crippen LogP contribution in [0.3, 0.4) is 0 Å². The third-order valence-corrected chi connectivity index (χ3v) is 3.66. The SMILES string of the molecule is C[n+]1ccn(CC2=CCC(=COc3ccc(C=O)cc3)C=C2)c1.[Cl-]. The summed E-state index contributed by atoms with van der Waals surface area (Å²) in [6.07, 6.45) is 16.0. The number of aromatic nitrogens is 2. The van der Waals surface area contributed by atoms with Gasteiger partial charge in [0, 0.05) is 5.56 Å². The van der Waals surface area contributed by atoms with Crippen molar-refractivity contribution in [2.24, 2.45) is 7.05 Å². The highest BCUT2D eigenvalue weighted by Gasteiger charge is 2.06. The molecular formula is C19H19ClN2O2. The first-order chi connectivity index (χ1) is 11.2. The number of ether oxygens (including phenoxy) is 1. The van der Waals surface area contributed by atoms with E-state index < -0.39 is 0 Å². The minimum absolute atomic E-state index is 0. The average Bonchev–Trinajstić information content (AvgIpc) is 2.99. The van der Waals surface area contributed by atoms with Crippen molar-refractivity contribution < 1.29 is 26.5 Å². The van der Waals surface area contributed by atoms with Crippen molar-refractivity contribution in [1.29, 1.82) is 0 Å². The summed E-state index contributed by atoms with van der Waals surface area (Å²) in [7, 11) is 2.02. The van der Waals surface area contributed by atoms with Gasteiger partial charge in [-0.2, -0.15) is 0 Å². The summed E-state index contributed by atoms with van der Waals surface area (Å²) in [5.74, 6) is 0.728. The molecule has 0 aliphatic heterocycles. The average molecular weight is 343 g/mol. The van der Waals surface area contributed by atoms with Gasteiger partial charge < -0.3 is 17.1 Å². The Bertz CT molecular complexity index is 786. The van der Waals surface area contributed by atoms with E-state index in [0.29, 0.717) is 5.56 Å². The Kier molecular flexibility index (Phi) is 6.15. The third kappa shape index (κ3) is 4.70. The van der Waals surface area contributed by atoms with E-state index in [9.17, 15) is 4.79 Å². The van der Waals surface area contributed by atoms with Crippen LogP contribution >= 0.6 is 0 Å². The molecule has 24 heavy (non-hydrogen) atoms. The Morgan fingerprint density at radius 3 is 2.62 bits per heavy atom. The molecule has 2 aromatic rings. The van der Waals surface area contributed by atoms with E-state index in [-0.39, 0.29) is 12.4 Å². The zero-order valence-electron chi connectivity index (χ0n) is 13.4. The van der Waals surface area contributed by atoms with Crippen molar-refractivity contribution in [2.75, 3.05) is 0 Å². The van der Waals surface area contributed by atoms with Gasteiger partial charge in [0.25, 0.3) is 0 Å². The van der Waals surface area contributed by atoms with Crippen LogP contribution in [0.1, 0.15) is 16.8 Å². The zero-order chi connectivity index (χ0) is 16.1. The number of imidazole rings is 1. The zero-order valence-corrected chi connectivity index (χ0v) is 14.2. The number of nitrogens with zero attached hydrogens (tertiary/aromatic N) is 2. The second-order valence-corrected chi connectivity index (χ2v) is 5.57. The van der Waals surface area contributed by atoms with Crippen LogP contribution in [0, 0.1) is 0 Å². The number of carbonyl (C=O) groups is 1. The van der Waals surface area contributed by atoms with E-state index in [0.717, 1.165) is 30.6 Å². The highest BCUT2D eigenvalue weighted by Crippen LogP contribution is 2.18. The summed E-state index contributed by atoms with van der Waals surface area (Å²) in [6.45, 7) is 0.874. The molecular weight excluding hydrogens is 324 g/mol. The normalized spacial score (nSPS) is 14.9. The van der Waals surface area contributed by atoms with Gasteiger partial charge in [0.1, 0.15) is 31.0 Å². The second kappa shape index (κ2) is 8.31. The highest BCUT2D eigenvalue weighted by molar-refractivity contribution is 5.74. The number of hydrogen-bond donors (Lipinski definition) is 0. The molecule has 0 bridgehead atoms. The number of aryl methyl sites for hydroxylation is 1. The molecule has 1 aliphatic carbocycles. The molecule has 0 amide bonds. The van der Waals surface area contributed by atoms with Crippen molar-refractivity contribution in [3.63, 3.8) is 0 Å². The number of allylic oxidation sites excluding steroid dienone is 5. The molecule has 1 aromatic heterocycles. The number of aldehydes is 1. The van der Waals surface area contributed by atoms with Crippen LogP contribution in [0.5, 0.6) is 5.75 Å². The van der Waals surface area contributed by atoms with Gasteiger partial charge in [-0.1, -0.05) is 18.2 Å².